The molecule has 0 aromatic heterocycles. The van der Waals surface area contributed by atoms with Crippen molar-refractivity contribution in [2.45, 2.75) is 4.90 Å². The van der Waals surface area contributed by atoms with Crippen LogP contribution in [0.4, 0.5) is 5.69 Å². The molecule has 0 fully saturated rings. The smallest absolute Gasteiger partial charge is 0.262 e. The molecule has 0 saturated heterocycles. The van der Waals surface area contributed by atoms with Crippen LogP contribution in [-0.4, -0.2) is 12.5 Å². The molecule has 0 bridgehead atoms. The molecule has 0 spiro atoms. The topological polar surface area (TPSA) is 62.1 Å². The van der Waals surface area contributed by atoms with E-state index in [1.54, 1.807) is 36.4 Å². The zero-order chi connectivity index (χ0) is 14.2. The first-order chi connectivity index (χ1) is 9.78. The molecule has 0 atom stereocenters. The van der Waals surface area contributed by atoms with Crippen LogP contribution in [0.1, 0.15) is 0 Å². The number of carbonyl (C=O) groups excluding carboxylic acids is 1. The van der Waals surface area contributed by atoms with Crippen molar-refractivity contribution in [3.8, 4) is 11.2 Å². The van der Waals surface area contributed by atoms with Gasteiger partial charge in [0.05, 0.1) is 0 Å². The number of nitrogens with one attached hydrogen (secondary N) is 1. The maximum Gasteiger partial charge on any atom is 0.262 e. The Labute approximate surface area is 121 Å². The predicted octanol–water partition coefficient (Wildman–Crippen LogP) is 3.28. The van der Waals surface area contributed by atoms with Crippen LogP contribution in [0, 0.1) is 10.7 Å². The van der Waals surface area contributed by atoms with Gasteiger partial charge >= 0.3 is 0 Å². The van der Waals surface area contributed by atoms with Gasteiger partial charge in [0.2, 0.25) is 0 Å². The van der Waals surface area contributed by atoms with Crippen LogP contribution in [0.5, 0.6) is 5.75 Å². The minimum absolute atomic E-state index is 0.0429. The Balaban J connectivity index is 1.84. The second kappa shape index (κ2) is 7.22. The fraction of sp³-hybridized carbons (Fsp3) is 0.0667. The highest BCUT2D eigenvalue weighted by Crippen LogP contribution is 2.19. The molecule has 0 unspecified atom stereocenters. The quantitative estimate of drug-likeness (QED) is 0.676. The van der Waals surface area contributed by atoms with Gasteiger partial charge in [-0.2, -0.15) is 5.26 Å². The summed E-state index contributed by atoms with van der Waals surface area (Å²) in [4.78, 5) is 12.5. The van der Waals surface area contributed by atoms with Crippen LogP contribution in [0.2, 0.25) is 0 Å². The monoisotopic (exact) mass is 284 g/mol. The Morgan fingerprint density at radius 2 is 1.85 bits per heavy atom. The number of hydrogen-bond donors (Lipinski definition) is 1. The van der Waals surface area contributed by atoms with Crippen LogP contribution in [0.15, 0.2) is 59.5 Å². The number of rotatable bonds is 5. The molecule has 0 saturated carbocycles. The molecule has 2 rings (SSSR count). The van der Waals surface area contributed by atoms with Crippen molar-refractivity contribution >= 4 is 23.4 Å². The van der Waals surface area contributed by atoms with Gasteiger partial charge < -0.3 is 10.1 Å². The molecule has 4 nitrogen and oxygen atoms in total. The maximum atomic E-state index is 11.7. The largest absolute Gasteiger partial charge is 0.484 e. The summed E-state index contributed by atoms with van der Waals surface area (Å²) in [6, 6.07) is 16.2. The van der Waals surface area contributed by atoms with E-state index < -0.39 is 0 Å². The third-order valence-corrected chi connectivity index (χ3v) is 3.01. The number of anilines is 1. The van der Waals surface area contributed by atoms with Crippen LogP contribution in [0.3, 0.4) is 0 Å². The number of hydrogen-bond acceptors (Lipinski definition) is 4. The predicted molar refractivity (Wildman–Crippen MR) is 78.5 cm³/mol. The lowest BCUT2D eigenvalue weighted by Crippen LogP contribution is -2.20. The van der Waals surface area contributed by atoms with Gasteiger partial charge in [-0.25, -0.2) is 0 Å². The molecule has 2 aromatic carbocycles. The van der Waals surface area contributed by atoms with E-state index in [1.165, 1.54) is 0 Å². The van der Waals surface area contributed by atoms with Gasteiger partial charge in [-0.3, -0.25) is 4.79 Å². The summed E-state index contributed by atoms with van der Waals surface area (Å²) in [5, 5.41) is 13.3. The normalized spacial score (nSPS) is 9.55. The summed E-state index contributed by atoms with van der Waals surface area (Å²) >= 11 is 1.08. The molecule has 2 aromatic rings. The molecule has 100 valence electrons. The molecule has 1 amide bonds. The van der Waals surface area contributed by atoms with Crippen LogP contribution in [-0.2, 0) is 4.79 Å². The number of para-hydroxylation sites is 1. The number of thiocyanates is 1. The molecule has 20 heavy (non-hydrogen) atoms. The highest BCUT2D eigenvalue weighted by Gasteiger charge is 2.03. The van der Waals surface area contributed by atoms with E-state index in [2.05, 4.69) is 5.32 Å². The van der Waals surface area contributed by atoms with Gasteiger partial charge in [0.15, 0.2) is 6.61 Å². The number of carbonyl (C=O) groups is 1. The van der Waals surface area contributed by atoms with Crippen molar-refractivity contribution in [3.05, 3.63) is 54.6 Å². The van der Waals surface area contributed by atoms with Crippen molar-refractivity contribution in [1.29, 1.82) is 5.26 Å². The van der Waals surface area contributed by atoms with Gasteiger partial charge in [0, 0.05) is 10.6 Å². The molecule has 0 aliphatic carbocycles. The average molecular weight is 284 g/mol. The van der Waals surface area contributed by atoms with Crippen LogP contribution >= 0.6 is 11.8 Å². The number of nitriles is 1. The van der Waals surface area contributed by atoms with E-state index in [4.69, 9.17) is 10.00 Å². The van der Waals surface area contributed by atoms with Crippen molar-refractivity contribution in [3.63, 3.8) is 0 Å². The second-order valence-corrected chi connectivity index (χ2v) is 4.73. The minimum atomic E-state index is -0.227. The fourth-order valence-corrected chi connectivity index (χ4v) is 1.90. The Hall–Kier alpha value is -2.45. The van der Waals surface area contributed by atoms with Crippen molar-refractivity contribution in [1.82, 2.24) is 0 Å². The lowest BCUT2D eigenvalue weighted by molar-refractivity contribution is -0.118. The lowest BCUT2D eigenvalue weighted by Gasteiger charge is -2.07. The second-order valence-electron chi connectivity index (χ2n) is 3.87. The summed E-state index contributed by atoms with van der Waals surface area (Å²) in [5.74, 6) is 0.429. The molecule has 1 N–H and O–H groups in total. The summed E-state index contributed by atoms with van der Waals surface area (Å²) in [5.41, 5.74) is 0.675. The Kier molecular flexibility index (Phi) is 5.04. The maximum absolute atomic E-state index is 11.7. The van der Waals surface area contributed by atoms with Crippen LogP contribution < -0.4 is 10.1 Å². The van der Waals surface area contributed by atoms with E-state index >= 15 is 0 Å². The third kappa shape index (κ3) is 4.34. The van der Waals surface area contributed by atoms with Gasteiger partial charge in [-0.15, -0.1) is 0 Å². The Morgan fingerprint density at radius 1 is 1.15 bits per heavy atom. The number of benzene rings is 2. The van der Waals surface area contributed by atoms with Crippen molar-refractivity contribution in [2.24, 2.45) is 0 Å². The standard InChI is InChI=1S/C15H12N2O2S/c16-11-20-14-8-6-12(7-9-14)17-15(18)10-19-13-4-2-1-3-5-13/h1-9H,10H2,(H,17,18). The number of nitrogens with zero attached hydrogens (tertiary/aromatic N) is 1. The average Bonchev–Trinajstić information content (AvgIpc) is 2.49. The molecule has 0 aliphatic heterocycles. The molecule has 0 heterocycles. The van der Waals surface area contributed by atoms with E-state index in [0.29, 0.717) is 11.4 Å². The Bertz CT molecular complexity index is 606. The minimum Gasteiger partial charge on any atom is -0.484 e. The summed E-state index contributed by atoms with van der Waals surface area (Å²) in [6.07, 6.45) is 0. The summed E-state index contributed by atoms with van der Waals surface area (Å²) in [7, 11) is 0. The summed E-state index contributed by atoms with van der Waals surface area (Å²) in [6.45, 7) is -0.0429. The summed E-state index contributed by atoms with van der Waals surface area (Å²) < 4.78 is 5.34. The first kappa shape index (κ1) is 14.0. The van der Waals surface area contributed by atoms with Crippen molar-refractivity contribution in [2.75, 3.05) is 11.9 Å². The first-order valence-corrected chi connectivity index (χ1v) is 6.73. The number of thioether (sulfide) groups is 1. The van der Waals surface area contributed by atoms with E-state index in [-0.39, 0.29) is 12.5 Å². The third-order valence-electron chi connectivity index (χ3n) is 2.41. The van der Waals surface area contributed by atoms with Gasteiger partial charge in [-0.05, 0) is 48.2 Å². The van der Waals surface area contributed by atoms with E-state index in [1.807, 2.05) is 23.6 Å². The zero-order valence-corrected chi connectivity index (χ0v) is 11.4. The van der Waals surface area contributed by atoms with Gasteiger partial charge in [0.25, 0.3) is 5.91 Å². The van der Waals surface area contributed by atoms with Gasteiger partial charge in [0.1, 0.15) is 11.2 Å². The van der Waals surface area contributed by atoms with Gasteiger partial charge in [-0.1, -0.05) is 18.2 Å². The van der Waals surface area contributed by atoms with E-state index in [0.717, 1.165) is 16.7 Å². The lowest BCUT2D eigenvalue weighted by atomic mass is 10.3. The first-order valence-electron chi connectivity index (χ1n) is 5.91. The van der Waals surface area contributed by atoms with E-state index in [9.17, 15) is 4.79 Å². The molecular weight excluding hydrogens is 272 g/mol. The fourth-order valence-electron chi connectivity index (χ4n) is 1.52. The highest BCUT2D eigenvalue weighted by atomic mass is 32.2. The number of amides is 1. The zero-order valence-electron chi connectivity index (χ0n) is 10.6. The SMILES string of the molecule is N#CSc1ccc(NC(=O)COc2ccccc2)cc1. The number of ether oxygens (including phenoxy) is 1. The van der Waals surface area contributed by atoms with Crippen molar-refractivity contribution < 1.29 is 9.53 Å². The Morgan fingerprint density at radius 3 is 2.50 bits per heavy atom. The molecular formula is C15H12N2O2S. The molecule has 5 heteroatoms. The van der Waals surface area contributed by atoms with Crippen LogP contribution in [0.25, 0.3) is 0 Å². The molecule has 0 radical (unpaired) electrons. The highest BCUT2D eigenvalue weighted by molar-refractivity contribution is 8.03. The molecule has 0 aliphatic rings.